The van der Waals surface area contributed by atoms with Crippen molar-refractivity contribution in [1.29, 1.82) is 0 Å². The van der Waals surface area contributed by atoms with Gasteiger partial charge in [-0.1, -0.05) is 30.4 Å². The number of nitrogens with one attached hydrogen (secondary N) is 1. The van der Waals surface area contributed by atoms with Gasteiger partial charge in [0.2, 0.25) is 10.0 Å². The van der Waals surface area contributed by atoms with Gasteiger partial charge in [0.1, 0.15) is 0 Å². The average Bonchev–Trinajstić information content (AvgIpc) is 2.67. The highest BCUT2D eigenvalue weighted by Crippen LogP contribution is 2.47. The van der Waals surface area contributed by atoms with Gasteiger partial charge in [-0.25, -0.2) is 13.1 Å². The predicted molar refractivity (Wildman–Crippen MR) is 105 cm³/mol. The Kier molecular flexibility index (Phi) is 6.71. The van der Waals surface area contributed by atoms with Crippen LogP contribution in [0.25, 0.3) is 0 Å². The lowest BCUT2D eigenvalue weighted by Gasteiger charge is -2.48. The molecule has 148 valence electrons. The first kappa shape index (κ1) is 20.1. The van der Waals surface area contributed by atoms with Gasteiger partial charge < -0.3 is 5.11 Å². The number of allylic oxidation sites excluding steroid dienone is 2. The molecule has 0 heterocycles. The molecule has 0 aromatic heterocycles. The van der Waals surface area contributed by atoms with Gasteiger partial charge >= 0.3 is 5.97 Å². The smallest absolute Gasteiger partial charge is 0.303 e. The first-order valence-electron chi connectivity index (χ1n) is 9.91. The molecule has 0 aliphatic heterocycles. The van der Waals surface area contributed by atoms with Crippen molar-refractivity contribution in [3.05, 3.63) is 42.5 Å². The molecule has 27 heavy (non-hydrogen) atoms. The molecule has 3 saturated carbocycles. The second-order valence-corrected chi connectivity index (χ2v) is 9.51. The van der Waals surface area contributed by atoms with Crippen molar-refractivity contribution < 1.29 is 18.3 Å². The second-order valence-electron chi connectivity index (χ2n) is 7.79. The third-order valence-corrected chi connectivity index (χ3v) is 7.55. The van der Waals surface area contributed by atoms with Crippen molar-refractivity contribution in [2.75, 3.05) is 0 Å². The van der Waals surface area contributed by atoms with Crippen LogP contribution in [0.15, 0.2) is 47.4 Å². The predicted octanol–water partition coefficient (Wildman–Crippen LogP) is 3.97. The number of aliphatic carboxylic acids is 1. The van der Waals surface area contributed by atoms with Gasteiger partial charge in [-0.2, -0.15) is 0 Å². The maximum atomic E-state index is 12.8. The third kappa shape index (κ3) is 5.20. The number of carboxylic acids is 1. The number of hydrogen-bond acceptors (Lipinski definition) is 3. The summed E-state index contributed by atoms with van der Waals surface area (Å²) in [6.07, 6.45) is 11.2. The van der Waals surface area contributed by atoms with E-state index in [0.29, 0.717) is 29.1 Å². The van der Waals surface area contributed by atoms with Gasteiger partial charge in [-0.05, 0) is 74.8 Å². The molecule has 2 bridgehead atoms. The molecule has 4 rings (SSSR count). The maximum absolute atomic E-state index is 12.8. The quantitative estimate of drug-likeness (QED) is 0.493. The monoisotopic (exact) mass is 391 g/mol. The Morgan fingerprint density at radius 2 is 1.74 bits per heavy atom. The number of sulfonamides is 1. The van der Waals surface area contributed by atoms with E-state index in [9.17, 15) is 13.2 Å². The topological polar surface area (TPSA) is 83.5 Å². The van der Waals surface area contributed by atoms with Crippen LogP contribution in [0.2, 0.25) is 0 Å². The number of carbonyl (C=O) groups is 1. The summed E-state index contributed by atoms with van der Waals surface area (Å²) >= 11 is 0. The van der Waals surface area contributed by atoms with Gasteiger partial charge in [0.15, 0.2) is 0 Å². The molecule has 3 aliphatic rings. The molecule has 1 aromatic rings. The highest BCUT2D eigenvalue weighted by Gasteiger charge is 2.44. The highest BCUT2D eigenvalue weighted by atomic mass is 32.2. The number of carboxylic acid groups (broad SMARTS) is 1. The minimum absolute atomic E-state index is 0.00799. The molecule has 2 unspecified atom stereocenters. The van der Waals surface area contributed by atoms with E-state index < -0.39 is 16.0 Å². The molecule has 0 spiro atoms. The Morgan fingerprint density at radius 3 is 2.41 bits per heavy atom. The molecular weight excluding hydrogens is 362 g/mol. The fourth-order valence-corrected chi connectivity index (χ4v) is 6.06. The largest absolute Gasteiger partial charge is 0.481 e. The summed E-state index contributed by atoms with van der Waals surface area (Å²) in [5, 5.41) is 8.69. The molecule has 1 aromatic carbocycles. The van der Waals surface area contributed by atoms with Crippen LogP contribution in [0.5, 0.6) is 0 Å². The summed E-state index contributed by atoms with van der Waals surface area (Å²) in [5.41, 5.74) is 0. The molecule has 2 atom stereocenters. The summed E-state index contributed by atoms with van der Waals surface area (Å²) in [6.45, 7) is 0. The first-order chi connectivity index (χ1) is 13.0. The Balaban J connectivity index is 1.65. The van der Waals surface area contributed by atoms with Crippen molar-refractivity contribution in [1.82, 2.24) is 4.72 Å². The van der Waals surface area contributed by atoms with Crippen molar-refractivity contribution in [2.45, 2.75) is 62.3 Å². The fourth-order valence-electron chi connectivity index (χ4n) is 4.69. The SMILES string of the molecule is O=C(O)CCCC=CCC1C2CCC(CC2)C1NS(=O)(=O)c1ccccc1. The van der Waals surface area contributed by atoms with E-state index in [0.717, 1.165) is 25.7 Å². The lowest BCUT2D eigenvalue weighted by Crippen LogP contribution is -2.53. The number of fused-ring (bicyclic) bond motifs is 3. The van der Waals surface area contributed by atoms with Gasteiger partial charge in [0, 0.05) is 12.5 Å². The van der Waals surface area contributed by atoms with Crippen LogP contribution in [0.3, 0.4) is 0 Å². The number of hydrogen-bond donors (Lipinski definition) is 2. The molecule has 2 N–H and O–H groups in total. The van der Waals surface area contributed by atoms with E-state index in [-0.39, 0.29) is 12.5 Å². The van der Waals surface area contributed by atoms with Crippen LogP contribution in [0.1, 0.15) is 51.4 Å². The van der Waals surface area contributed by atoms with E-state index in [4.69, 9.17) is 5.11 Å². The van der Waals surface area contributed by atoms with Crippen LogP contribution in [-0.4, -0.2) is 25.5 Å². The first-order valence-corrected chi connectivity index (χ1v) is 11.4. The highest BCUT2D eigenvalue weighted by molar-refractivity contribution is 7.89. The standard InChI is InChI=1S/C21H29NO4S/c23-20(24)11-7-2-1-6-10-19-16-12-14-17(15-13-16)21(19)22-27(25,26)18-8-4-3-5-9-18/h1,3-6,8-9,16-17,19,21-22H,2,7,10-15H2,(H,23,24). The van der Waals surface area contributed by atoms with Crippen LogP contribution in [-0.2, 0) is 14.8 Å². The van der Waals surface area contributed by atoms with E-state index in [1.54, 1.807) is 24.3 Å². The summed E-state index contributed by atoms with van der Waals surface area (Å²) in [6, 6.07) is 8.59. The Hall–Kier alpha value is -1.66. The van der Waals surface area contributed by atoms with E-state index in [2.05, 4.69) is 10.8 Å². The van der Waals surface area contributed by atoms with Crippen LogP contribution in [0, 0.1) is 17.8 Å². The molecule has 0 saturated heterocycles. The Morgan fingerprint density at radius 1 is 1.07 bits per heavy atom. The van der Waals surface area contributed by atoms with Crippen molar-refractivity contribution >= 4 is 16.0 Å². The number of benzene rings is 1. The van der Waals surface area contributed by atoms with Crippen LogP contribution < -0.4 is 4.72 Å². The van der Waals surface area contributed by atoms with Crippen molar-refractivity contribution in [3.8, 4) is 0 Å². The van der Waals surface area contributed by atoms with Crippen LogP contribution in [0.4, 0.5) is 0 Å². The normalized spacial score (nSPS) is 27.9. The van der Waals surface area contributed by atoms with E-state index >= 15 is 0 Å². The van der Waals surface area contributed by atoms with E-state index in [1.165, 1.54) is 12.8 Å². The van der Waals surface area contributed by atoms with Crippen molar-refractivity contribution in [3.63, 3.8) is 0 Å². The fraction of sp³-hybridized carbons (Fsp3) is 0.571. The summed E-state index contributed by atoms with van der Waals surface area (Å²) < 4.78 is 28.7. The number of unbranched alkanes of at least 4 members (excludes halogenated alkanes) is 1. The molecule has 3 fully saturated rings. The summed E-state index contributed by atoms with van der Waals surface area (Å²) in [4.78, 5) is 10.9. The zero-order valence-corrected chi connectivity index (χ0v) is 16.4. The van der Waals surface area contributed by atoms with E-state index in [1.807, 2.05) is 12.1 Å². The van der Waals surface area contributed by atoms with Crippen LogP contribution >= 0.6 is 0 Å². The van der Waals surface area contributed by atoms with Gasteiger partial charge in [0.25, 0.3) is 0 Å². The average molecular weight is 392 g/mol. The molecule has 0 amide bonds. The van der Waals surface area contributed by atoms with Gasteiger partial charge in [0.05, 0.1) is 4.90 Å². The lowest BCUT2D eigenvalue weighted by atomic mass is 9.61. The zero-order valence-electron chi connectivity index (χ0n) is 15.6. The third-order valence-electron chi connectivity index (χ3n) is 6.07. The number of rotatable bonds is 9. The minimum Gasteiger partial charge on any atom is -0.481 e. The van der Waals surface area contributed by atoms with Gasteiger partial charge in [-0.15, -0.1) is 0 Å². The molecule has 3 aliphatic carbocycles. The molecule has 5 nitrogen and oxygen atoms in total. The molecular formula is C21H29NO4S. The molecule has 6 heteroatoms. The summed E-state index contributed by atoms with van der Waals surface area (Å²) in [7, 11) is -3.50. The zero-order chi connectivity index (χ0) is 19.3. The van der Waals surface area contributed by atoms with Gasteiger partial charge in [-0.3, -0.25) is 4.79 Å². The minimum atomic E-state index is -3.50. The Labute approximate surface area is 161 Å². The maximum Gasteiger partial charge on any atom is 0.303 e. The summed E-state index contributed by atoms with van der Waals surface area (Å²) in [5.74, 6) is 0.552. The molecule has 0 radical (unpaired) electrons. The van der Waals surface area contributed by atoms with Crippen molar-refractivity contribution in [2.24, 2.45) is 17.8 Å². The lowest BCUT2D eigenvalue weighted by molar-refractivity contribution is -0.137. The Bertz CT molecular complexity index is 752. The second kappa shape index (κ2) is 9.02.